The van der Waals surface area contributed by atoms with Crippen molar-refractivity contribution in [2.24, 2.45) is 0 Å². The smallest absolute Gasteiger partial charge is 0.229 e. The van der Waals surface area contributed by atoms with Crippen LogP contribution in [-0.4, -0.2) is 46.0 Å². The number of hydrogen-bond acceptors (Lipinski definition) is 5. The van der Waals surface area contributed by atoms with Gasteiger partial charge >= 0.3 is 0 Å². The zero-order valence-electron chi connectivity index (χ0n) is 10.6. The summed E-state index contributed by atoms with van der Waals surface area (Å²) in [6.45, 7) is 0. The van der Waals surface area contributed by atoms with Crippen LogP contribution in [0.25, 0.3) is 0 Å². The predicted octanol–water partition coefficient (Wildman–Crippen LogP) is 1.09. The van der Waals surface area contributed by atoms with Crippen molar-refractivity contribution in [1.82, 2.24) is 4.72 Å². The van der Waals surface area contributed by atoms with E-state index in [0.29, 0.717) is 0 Å². The molecule has 0 saturated carbocycles. The summed E-state index contributed by atoms with van der Waals surface area (Å²) in [5, 5.41) is -0.736. The summed E-state index contributed by atoms with van der Waals surface area (Å²) in [7, 11) is -7.03. The standard InChI is InChI=1S/C11H14ClNO4S3/c1-18-8-2-4-9(5-3-8)20(16,17)13-11-7-19(14,15)6-10(11)12/h2-5,10-11,13H,6-7H2,1H3. The molecule has 1 N–H and O–H groups in total. The molecule has 1 aliphatic heterocycles. The van der Waals surface area contributed by atoms with Crippen LogP contribution < -0.4 is 4.72 Å². The van der Waals surface area contributed by atoms with E-state index < -0.39 is 31.3 Å². The van der Waals surface area contributed by atoms with E-state index in [1.54, 1.807) is 12.1 Å². The van der Waals surface area contributed by atoms with Crippen molar-refractivity contribution in [1.29, 1.82) is 0 Å². The Kier molecular flexibility index (Phi) is 4.70. The Hall–Kier alpha value is -0.280. The normalized spacial score (nSPS) is 25.7. The van der Waals surface area contributed by atoms with Crippen molar-refractivity contribution in [2.45, 2.75) is 21.2 Å². The molecule has 0 bridgehead atoms. The van der Waals surface area contributed by atoms with Gasteiger partial charge in [0.05, 0.1) is 27.8 Å². The Labute approximate surface area is 128 Å². The van der Waals surface area contributed by atoms with Crippen LogP contribution in [0.4, 0.5) is 0 Å². The topological polar surface area (TPSA) is 80.3 Å². The molecule has 20 heavy (non-hydrogen) atoms. The molecule has 1 aromatic carbocycles. The minimum atomic E-state index is -3.76. The Morgan fingerprint density at radius 1 is 1.25 bits per heavy atom. The number of halogens is 1. The molecule has 2 atom stereocenters. The zero-order chi connectivity index (χ0) is 15.0. The van der Waals surface area contributed by atoms with Crippen LogP contribution in [-0.2, 0) is 19.9 Å². The molecule has 1 saturated heterocycles. The lowest BCUT2D eigenvalue weighted by Crippen LogP contribution is -2.40. The zero-order valence-corrected chi connectivity index (χ0v) is 13.8. The summed E-state index contributed by atoms with van der Waals surface area (Å²) in [6.07, 6.45) is 1.89. The highest BCUT2D eigenvalue weighted by atomic mass is 35.5. The van der Waals surface area contributed by atoms with Crippen molar-refractivity contribution < 1.29 is 16.8 Å². The van der Waals surface area contributed by atoms with Crippen molar-refractivity contribution in [2.75, 3.05) is 17.8 Å². The summed E-state index contributed by atoms with van der Waals surface area (Å²) in [5.41, 5.74) is 0. The van der Waals surface area contributed by atoms with Gasteiger partial charge in [-0.3, -0.25) is 0 Å². The number of rotatable bonds is 4. The molecule has 1 aliphatic rings. The first-order valence-corrected chi connectivity index (χ1v) is 10.7. The second kappa shape index (κ2) is 5.84. The average Bonchev–Trinajstić information content (AvgIpc) is 2.61. The van der Waals surface area contributed by atoms with Gasteiger partial charge in [0.25, 0.3) is 0 Å². The van der Waals surface area contributed by atoms with Gasteiger partial charge in [-0.05, 0) is 30.5 Å². The third-order valence-corrected chi connectivity index (χ3v) is 7.58. The van der Waals surface area contributed by atoms with E-state index >= 15 is 0 Å². The molecule has 9 heteroatoms. The maximum atomic E-state index is 12.2. The molecule has 1 heterocycles. The fourth-order valence-electron chi connectivity index (χ4n) is 1.93. The minimum Gasteiger partial charge on any atom is -0.229 e. The van der Waals surface area contributed by atoms with Gasteiger partial charge in [0.1, 0.15) is 0 Å². The van der Waals surface area contributed by atoms with Gasteiger partial charge in [0.2, 0.25) is 10.0 Å². The van der Waals surface area contributed by atoms with E-state index in [2.05, 4.69) is 4.72 Å². The van der Waals surface area contributed by atoms with Crippen molar-refractivity contribution in [3.8, 4) is 0 Å². The second-order valence-electron chi connectivity index (χ2n) is 4.50. The van der Waals surface area contributed by atoms with Gasteiger partial charge < -0.3 is 0 Å². The Morgan fingerprint density at radius 2 is 1.85 bits per heavy atom. The minimum absolute atomic E-state index is 0.100. The molecule has 0 amide bonds. The molecule has 2 rings (SSSR count). The maximum absolute atomic E-state index is 12.2. The number of thioether (sulfide) groups is 1. The van der Waals surface area contributed by atoms with Crippen molar-refractivity contribution in [3.05, 3.63) is 24.3 Å². The van der Waals surface area contributed by atoms with E-state index in [9.17, 15) is 16.8 Å². The highest BCUT2D eigenvalue weighted by molar-refractivity contribution is 7.98. The number of sulfonamides is 1. The van der Waals surface area contributed by atoms with E-state index in [1.807, 2.05) is 6.26 Å². The van der Waals surface area contributed by atoms with Crippen LogP contribution >= 0.6 is 23.4 Å². The van der Waals surface area contributed by atoms with Gasteiger partial charge in [-0.1, -0.05) is 0 Å². The Bertz CT molecular complexity index is 685. The summed E-state index contributed by atoms with van der Waals surface area (Å²) >= 11 is 7.40. The molecule has 1 fully saturated rings. The van der Waals surface area contributed by atoms with Crippen LogP contribution in [0.3, 0.4) is 0 Å². The lowest BCUT2D eigenvalue weighted by Gasteiger charge is -2.14. The van der Waals surface area contributed by atoms with E-state index in [0.717, 1.165) is 4.90 Å². The molecule has 5 nitrogen and oxygen atoms in total. The third-order valence-electron chi connectivity index (χ3n) is 2.96. The van der Waals surface area contributed by atoms with Gasteiger partial charge in [-0.25, -0.2) is 21.6 Å². The van der Waals surface area contributed by atoms with Gasteiger partial charge in [0.15, 0.2) is 9.84 Å². The largest absolute Gasteiger partial charge is 0.240 e. The van der Waals surface area contributed by atoms with Crippen molar-refractivity contribution >= 4 is 43.2 Å². The van der Waals surface area contributed by atoms with Gasteiger partial charge in [-0.15, -0.1) is 23.4 Å². The molecule has 1 aromatic rings. The molecule has 0 aliphatic carbocycles. The lowest BCUT2D eigenvalue weighted by atomic mass is 10.3. The van der Waals surface area contributed by atoms with Crippen LogP contribution in [0.1, 0.15) is 0 Å². The first-order chi connectivity index (χ1) is 9.23. The SMILES string of the molecule is CSc1ccc(S(=O)(=O)NC2CS(=O)(=O)CC2Cl)cc1. The van der Waals surface area contributed by atoms with Crippen molar-refractivity contribution in [3.63, 3.8) is 0 Å². The molecule has 112 valence electrons. The molecule has 0 aromatic heterocycles. The molecular formula is C11H14ClNO4S3. The van der Waals surface area contributed by atoms with Crippen LogP contribution in [0, 0.1) is 0 Å². The van der Waals surface area contributed by atoms with E-state index in [1.165, 1.54) is 23.9 Å². The van der Waals surface area contributed by atoms with Crippen LogP contribution in [0.2, 0.25) is 0 Å². The lowest BCUT2D eigenvalue weighted by molar-refractivity contribution is 0.563. The second-order valence-corrected chi connectivity index (χ2v) is 9.80. The monoisotopic (exact) mass is 355 g/mol. The number of nitrogens with one attached hydrogen (secondary N) is 1. The average molecular weight is 356 g/mol. The summed E-state index contributed by atoms with van der Waals surface area (Å²) in [6, 6.07) is 5.58. The van der Waals surface area contributed by atoms with Crippen LogP contribution in [0.15, 0.2) is 34.1 Å². The number of hydrogen-bond donors (Lipinski definition) is 1. The first kappa shape index (κ1) is 16.1. The number of alkyl halides is 1. The number of sulfone groups is 1. The van der Waals surface area contributed by atoms with E-state index in [4.69, 9.17) is 11.6 Å². The highest BCUT2D eigenvalue weighted by Crippen LogP contribution is 2.22. The first-order valence-electron chi connectivity index (χ1n) is 5.74. The highest BCUT2D eigenvalue weighted by Gasteiger charge is 2.38. The van der Waals surface area contributed by atoms with E-state index in [-0.39, 0.29) is 16.4 Å². The maximum Gasteiger partial charge on any atom is 0.240 e. The molecule has 0 spiro atoms. The fourth-order valence-corrected chi connectivity index (χ4v) is 6.35. The van der Waals surface area contributed by atoms with Gasteiger partial charge in [0, 0.05) is 4.90 Å². The summed E-state index contributed by atoms with van der Waals surface area (Å²) in [5.74, 6) is -0.462. The predicted molar refractivity (Wildman–Crippen MR) is 80.6 cm³/mol. The third kappa shape index (κ3) is 3.67. The Balaban J connectivity index is 2.19. The summed E-state index contributed by atoms with van der Waals surface area (Å²) in [4.78, 5) is 1.05. The molecule has 2 unspecified atom stereocenters. The van der Waals surface area contributed by atoms with Gasteiger partial charge in [-0.2, -0.15) is 0 Å². The quantitative estimate of drug-likeness (QED) is 0.646. The Morgan fingerprint density at radius 3 is 2.30 bits per heavy atom. The molecule has 0 radical (unpaired) electrons. The fraction of sp³-hybridized carbons (Fsp3) is 0.455. The van der Waals surface area contributed by atoms with Crippen LogP contribution in [0.5, 0.6) is 0 Å². The number of benzene rings is 1. The molecular weight excluding hydrogens is 342 g/mol. The summed E-state index contributed by atoms with van der Waals surface area (Å²) < 4.78 is 49.6.